The number of benzene rings is 1. The zero-order valence-electron chi connectivity index (χ0n) is 17.7. The first-order valence-electron chi connectivity index (χ1n) is 10.4. The van der Waals surface area contributed by atoms with Crippen molar-refractivity contribution < 1.29 is 9.84 Å². The molecule has 8 nitrogen and oxygen atoms in total. The fourth-order valence-corrected chi connectivity index (χ4v) is 3.55. The van der Waals surface area contributed by atoms with Crippen molar-refractivity contribution in [2.75, 3.05) is 6.61 Å². The Morgan fingerprint density at radius 2 is 2.00 bits per heavy atom. The van der Waals surface area contributed by atoms with Gasteiger partial charge in [-0.3, -0.25) is 9.97 Å². The van der Waals surface area contributed by atoms with Crippen molar-refractivity contribution in [1.82, 2.24) is 24.7 Å². The van der Waals surface area contributed by atoms with E-state index in [4.69, 9.17) is 15.5 Å². The summed E-state index contributed by atoms with van der Waals surface area (Å²) in [6.45, 7) is 4.40. The van der Waals surface area contributed by atoms with Crippen LogP contribution in [0.1, 0.15) is 44.1 Å². The van der Waals surface area contributed by atoms with Gasteiger partial charge < -0.3 is 15.6 Å². The second-order valence-electron chi connectivity index (χ2n) is 7.27. The van der Waals surface area contributed by atoms with Crippen molar-refractivity contribution in [2.24, 2.45) is 5.73 Å². The Morgan fingerprint density at radius 3 is 2.77 bits per heavy atom. The fraction of sp³-hybridized carbons (Fsp3) is 0.304. The molecule has 0 amide bonds. The van der Waals surface area contributed by atoms with Crippen LogP contribution < -0.4 is 10.5 Å². The Kier molecular flexibility index (Phi) is 6.20. The lowest BCUT2D eigenvalue weighted by atomic mass is 10.1. The van der Waals surface area contributed by atoms with Crippen LogP contribution in [-0.2, 0) is 6.61 Å². The summed E-state index contributed by atoms with van der Waals surface area (Å²) in [5.41, 5.74) is 10.2. The summed E-state index contributed by atoms with van der Waals surface area (Å²) in [4.78, 5) is 13.4. The van der Waals surface area contributed by atoms with Gasteiger partial charge in [-0.05, 0) is 37.6 Å². The molecule has 0 bridgehead atoms. The zero-order valence-corrected chi connectivity index (χ0v) is 17.7. The fourth-order valence-electron chi connectivity index (χ4n) is 3.55. The molecular weight excluding hydrogens is 392 g/mol. The van der Waals surface area contributed by atoms with E-state index in [9.17, 15) is 5.11 Å². The molecular formula is C23H26N6O2. The van der Waals surface area contributed by atoms with Crippen molar-refractivity contribution >= 4 is 10.9 Å². The first-order chi connectivity index (χ1) is 15.1. The molecule has 4 rings (SSSR count). The van der Waals surface area contributed by atoms with Crippen LogP contribution in [0, 0.1) is 0 Å². The van der Waals surface area contributed by atoms with Crippen LogP contribution in [0.25, 0.3) is 28.0 Å². The molecule has 3 N–H and O–H groups in total. The van der Waals surface area contributed by atoms with E-state index in [0.29, 0.717) is 18.1 Å². The Balaban J connectivity index is 1.86. The number of fused-ring (bicyclic) bond motifs is 1. The van der Waals surface area contributed by atoms with Crippen LogP contribution >= 0.6 is 0 Å². The van der Waals surface area contributed by atoms with Gasteiger partial charge in [0.2, 0.25) is 0 Å². The minimum absolute atomic E-state index is 0.0953. The van der Waals surface area contributed by atoms with Gasteiger partial charge in [0, 0.05) is 11.6 Å². The van der Waals surface area contributed by atoms with Gasteiger partial charge in [-0.2, -0.15) is 5.10 Å². The molecule has 1 unspecified atom stereocenters. The molecule has 0 aliphatic rings. The van der Waals surface area contributed by atoms with Gasteiger partial charge in [0.05, 0.1) is 59.8 Å². The minimum atomic E-state index is -0.190. The average molecular weight is 419 g/mol. The van der Waals surface area contributed by atoms with E-state index in [0.717, 1.165) is 46.4 Å². The van der Waals surface area contributed by atoms with Crippen molar-refractivity contribution in [2.45, 2.75) is 39.3 Å². The number of aromatic nitrogens is 5. The SMILES string of the molecule is CCCC(N)c1cccc(-c2cc(OCC)c3cnn(-c4cncc(CO)n4)c3c2)n1. The molecule has 160 valence electrons. The lowest BCUT2D eigenvalue weighted by Crippen LogP contribution is -2.11. The van der Waals surface area contributed by atoms with Crippen molar-refractivity contribution in [3.05, 3.63) is 60.3 Å². The highest BCUT2D eigenvalue weighted by molar-refractivity contribution is 5.90. The number of hydrogen-bond donors (Lipinski definition) is 2. The minimum Gasteiger partial charge on any atom is -0.493 e. The molecule has 4 aromatic rings. The van der Waals surface area contributed by atoms with Crippen molar-refractivity contribution in [1.29, 1.82) is 0 Å². The van der Waals surface area contributed by atoms with Crippen LogP contribution in [0.4, 0.5) is 0 Å². The third kappa shape index (κ3) is 4.26. The molecule has 1 aromatic carbocycles. The molecule has 31 heavy (non-hydrogen) atoms. The maximum atomic E-state index is 9.42. The predicted octanol–water partition coefficient (Wildman–Crippen LogP) is 3.57. The van der Waals surface area contributed by atoms with Gasteiger partial charge in [-0.1, -0.05) is 19.4 Å². The van der Waals surface area contributed by atoms with E-state index in [2.05, 4.69) is 22.0 Å². The topological polar surface area (TPSA) is 112 Å². The Bertz CT molecular complexity index is 1190. The number of nitrogens with zero attached hydrogens (tertiary/aromatic N) is 5. The molecule has 8 heteroatoms. The summed E-state index contributed by atoms with van der Waals surface area (Å²) in [5, 5.41) is 14.8. The second-order valence-corrected chi connectivity index (χ2v) is 7.27. The molecule has 0 spiro atoms. The third-order valence-electron chi connectivity index (χ3n) is 5.05. The van der Waals surface area contributed by atoms with Crippen LogP contribution in [-0.4, -0.2) is 36.4 Å². The molecule has 1 atom stereocenters. The quantitative estimate of drug-likeness (QED) is 0.450. The highest BCUT2D eigenvalue weighted by atomic mass is 16.5. The summed E-state index contributed by atoms with van der Waals surface area (Å²) in [6.07, 6.45) is 6.77. The predicted molar refractivity (Wildman–Crippen MR) is 119 cm³/mol. The molecule has 3 heterocycles. The summed E-state index contributed by atoms with van der Waals surface area (Å²) >= 11 is 0. The largest absolute Gasteiger partial charge is 0.493 e. The normalized spacial score (nSPS) is 12.3. The zero-order chi connectivity index (χ0) is 21.8. The number of aliphatic hydroxyl groups excluding tert-OH is 1. The monoisotopic (exact) mass is 418 g/mol. The smallest absolute Gasteiger partial charge is 0.172 e. The maximum Gasteiger partial charge on any atom is 0.172 e. The van der Waals surface area contributed by atoms with E-state index in [-0.39, 0.29) is 12.6 Å². The number of hydrogen-bond acceptors (Lipinski definition) is 7. The van der Waals surface area contributed by atoms with Gasteiger partial charge in [-0.25, -0.2) is 9.67 Å². The van der Waals surface area contributed by atoms with Crippen molar-refractivity contribution in [3.8, 4) is 22.8 Å². The van der Waals surface area contributed by atoms with Crippen LogP contribution in [0.3, 0.4) is 0 Å². The Hall–Kier alpha value is -3.36. The van der Waals surface area contributed by atoms with E-state index in [1.807, 2.05) is 37.3 Å². The third-order valence-corrected chi connectivity index (χ3v) is 5.05. The molecule has 0 radical (unpaired) electrons. The lowest BCUT2D eigenvalue weighted by molar-refractivity contribution is 0.276. The molecule has 3 aromatic heterocycles. The molecule has 0 aliphatic heterocycles. The van der Waals surface area contributed by atoms with Crippen LogP contribution in [0.15, 0.2) is 48.9 Å². The molecule has 0 aliphatic carbocycles. The van der Waals surface area contributed by atoms with Crippen LogP contribution in [0.5, 0.6) is 5.75 Å². The first-order valence-corrected chi connectivity index (χ1v) is 10.4. The van der Waals surface area contributed by atoms with Crippen molar-refractivity contribution in [3.63, 3.8) is 0 Å². The average Bonchev–Trinajstić information content (AvgIpc) is 3.24. The number of rotatable bonds is 8. The molecule has 0 fully saturated rings. The Morgan fingerprint density at radius 1 is 1.13 bits per heavy atom. The standard InChI is InChI=1S/C23H26N6O2/c1-3-6-18(24)20-8-5-7-19(28-20)15-9-21-17(22(10-15)31-4-2)12-26-29(21)23-13-25-11-16(14-30)27-23/h5,7-13,18,30H,3-4,6,14,24H2,1-2H3. The second kappa shape index (κ2) is 9.20. The first kappa shape index (κ1) is 20.9. The number of ether oxygens (including phenoxy) is 1. The van der Waals surface area contributed by atoms with Gasteiger partial charge >= 0.3 is 0 Å². The summed E-state index contributed by atoms with van der Waals surface area (Å²) < 4.78 is 7.60. The summed E-state index contributed by atoms with van der Waals surface area (Å²) in [6, 6.07) is 9.80. The van der Waals surface area contributed by atoms with E-state index in [1.165, 1.54) is 6.20 Å². The number of pyridine rings is 1. The number of nitrogens with two attached hydrogens (primary N) is 1. The van der Waals surface area contributed by atoms with Gasteiger partial charge in [-0.15, -0.1) is 0 Å². The van der Waals surface area contributed by atoms with E-state index >= 15 is 0 Å². The van der Waals surface area contributed by atoms with Gasteiger partial charge in [0.1, 0.15) is 5.75 Å². The lowest BCUT2D eigenvalue weighted by Gasteiger charge is -2.13. The molecule has 0 saturated heterocycles. The molecule has 0 saturated carbocycles. The summed E-state index contributed by atoms with van der Waals surface area (Å²) in [5.74, 6) is 1.24. The number of aliphatic hydroxyl groups is 1. The highest BCUT2D eigenvalue weighted by Crippen LogP contribution is 2.33. The summed E-state index contributed by atoms with van der Waals surface area (Å²) in [7, 11) is 0. The highest BCUT2D eigenvalue weighted by Gasteiger charge is 2.16. The van der Waals surface area contributed by atoms with Gasteiger partial charge in [0.15, 0.2) is 5.82 Å². The Labute approximate surface area is 180 Å². The van der Waals surface area contributed by atoms with Crippen LogP contribution in [0.2, 0.25) is 0 Å². The maximum absolute atomic E-state index is 9.42. The van der Waals surface area contributed by atoms with E-state index < -0.39 is 0 Å². The van der Waals surface area contributed by atoms with E-state index in [1.54, 1.807) is 17.1 Å². The van der Waals surface area contributed by atoms with Gasteiger partial charge in [0.25, 0.3) is 0 Å².